The van der Waals surface area contributed by atoms with Gasteiger partial charge in [0.05, 0.1) is 6.54 Å². The quantitative estimate of drug-likeness (QED) is 0.404. The van der Waals surface area contributed by atoms with Crippen molar-refractivity contribution in [3.05, 3.63) is 28.8 Å². The smallest absolute Gasteiger partial charge is 0.188 e. The Hall–Kier alpha value is -1.75. The number of ether oxygens (including phenoxy) is 1. The number of nitrogens with one attached hydrogen (secondary N) is 1. The Morgan fingerprint density at radius 3 is 2.60 bits per heavy atom. The van der Waals surface area contributed by atoms with Gasteiger partial charge in [-0.2, -0.15) is 0 Å². The lowest BCUT2D eigenvalue weighted by molar-refractivity contribution is 0.145. The highest BCUT2D eigenvalue weighted by Crippen LogP contribution is 2.23. The number of phenols is 1. The molecule has 0 saturated heterocycles. The molecule has 1 rings (SSSR count). The first kappa shape index (κ1) is 16.3. The number of phenolic OH excluding ortho intramolecular Hbond substituents is 1. The summed E-state index contributed by atoms with van der Waals surface area (Å²) in [6, 6.07) is 3.85. The SMILES string of the molecule is CCOCCCNC(N)=NCc1cc(C)c(O)c(C)c1. The lowest BCUT2D eigenvalue weighted by Gasteiger charge is -2.08. The van der Waals surface area contributed by atoms with E-state index in [0.29, 0.717) is 18.3 Å². The van der Waals surface area contributed by atoms with Crippen LogP contribution >= 0.6 is 0 Å². The van der Waals surface area contributed by atoms with Crippen LogP contribution in [-0.4, -0.2) is 30.8 Å². The van der Waals surface area contributed by atoms with Crippen LogP contribution in [0.3, 0.4) is 0 Å². The summed E-state index contributed by atoms with van der Waals surface area (Å²) in [5.74, 6) is 0.782. The van der Waals surface area contributed by atoms with Crippen LogP contribution in [0.15, 0.2) is 17.1 Å². The standard InChI is InChI=1S/C15H25N3O2/c1-4-20-7-5-6-17-15(16)18-10-13-8-11(2)14(19)12(3)9-13/h8-9,19H,4-7,10H2,1-3H3,(H3,16,17,18). The Labute approximate surface area is 120 Å². The highest BCUT2D eigenvalue weighted by molar-refractivity contribution is 5.77. The second kappa shape index (κ2) is 8.43. The van der Waals surface area contributed by atoms with Crippen LogP contribution in [0.2, 0.25) is 0 Å². The van der Waals surface area contributed by atoms with Gasteiger partial charge in [0.25, 0.3) is 0 Å². The lowest BCUT2D eigenvalue weighted by Crippen LogP contribution is -2.32. The summed E-state index contributed by atoms with van der Waals surface area (Å²) >= 11 is 0. The minimum absolute atomic E-state index is 0.347. The fourth-order valence-corrected chi connectivity index (χ4v) is 1.90. The van der Waals surface area contributed by atoms with Crippen molar-refractivity contribution in [1.29, 1.82) is 0 Å². The zero-order valence-corrected chi connectivity index (χ0v) is 12.6. The van der Waals surface area contributed by atoms with Crippen LogP contribution in [0, 0.1) is 13.8 Å². The molecule has 4 N–H and O–H groups in total. The largest absolute Gasteiger partial charge is 0.507 e. The van der Waals surface area contributed by atoms with E-state index in [1.807, 2.05) is 32.9 Å². The van der Waals surface area contributed by atoms with Crippen molar-refractivity contribution in [3.63, 3.8) is 0 Å². The Morgan fingerprint density at radius 2 is 2.00 bits per heavy atom. The van der Waals surface area contributed by atoms with Gasteiger partial charge >= 0.3 is 0 Å². The van der Waals surface area contributed by atoms with E-state index in [0.717, 1.165) is 42.9 Å². The molecule has 0 unspecified atom stereocenters. The normalized spacial score (nSPS) is 11.7. The molecule has 20 heavy (non-hydrogen) atoms. The van der Waals surface area contributed by atoms with Crippen molar-refractivity contribution in [2.45, 2.75) is 33.7 Å². The Bertz CT molecular complexity index is 435. The highest BCUT2D eigenvalue weighted by atomic mass is 16.5. The molecule has 0 aliphatic heterocycles. The van der Waals surface area contributed by atoms with Crippen molar-refractivity contribution in [1.82, 2.24) is 5.32 Å². The van der Waals surface area contributed by atoms with E-state index in [4.69, 9.17) is 10.5 Å². The van der Waals surface area contributed by atoms with Gasteiger partial charge in [-0.15, -0.1) is 0 Å². The first-order chi connectivity index (χ1) is 9.54. The molecule has 1 aromatic carbocycles. The zero-order chi connectivity index (χ0) is 15.0. The predicted molar refractivity (Wildman–Crippen MR) is 82.0 cm³/mol. The van der Waals surface area contributed by atoms with Crippen LogP contribution in [0.25, 0.3) is 0 Å². The average molecular weight is 279 g/mol. The molecule has 5 heteroatoms. The van der Waals surface area contributed by atoms with Gasteiger partial charge in [0.1, 0.15) is 5.75 Å². The molecule has 0 amide bonds. The Kier molecular flexibility index (Phi) is 6.87. The number of hydrogen-bond acceptors (Lipinski definition) is 3. The molecule has 0 heterocycles. The molecule has 0 radical (unpaired) electrons. The summed E-state index contributed by atoms with van der Waals surface area (Å²) in [4.78, 5) is 4.28. The molecule has 0 bridgehead atoms. The van der Waals surface area contributed by atoms with Crippen LogP contribution in [0.4, 0.5) is 0 Å². The first-order valence-corrected chi connectivity index (χ1v) is 6.95. The number of aliphatic imine (C=N–C) groups is 1. The molecule has 0 aliphatic carbocycles. The molecule has 0 aromatic heterocycles. The van der Waals surface area contributed by atoms with Gasteiger partial charge < -0.3 is 20.9 Å². The molecular weight excluding hydrogens is 254 g/mol. The van der Waals surface area contributed by atoms with Crippen LogP contribution < -0.4 is 11.1 Å². The number of aryl methyl sites for hydroxylation is 2. The maximum absolute atomic E-state index is 9.71. The number of guanidine groups is 1. The van der Waals surface area contributed by atoms with Crippen molar-refractivity contribution >= 4 is 5.96 Å². The van der Waals surface area contributed by atoms with Gasteiger partial charge in [0.15, 0.2) is 5.96 Å². The van der Waals surface area contributed by atoms with E-state index in [2.05, 4.69) is 10.3 Å². The van der Waals surface area contributed by atoms with Crippen LogP contribution in [0.1, 0.15) is 30.0 Å². The third-order valence-corrected chi connectivity index (χ3v) is 2.96. The van der Waals surface area contributed by atoms with Crippen LogP contribution in [-0.2, 0) is 11.3 Å². The van der Waals surface area contributed by atoms with E-state index in [1.54, 1.807) is 0 Å². The van der Waals surface area contributed by atoms with Gasteiger partial charge in [-0.3, -0.25) is 0 Å². The maximum atomic E-state index is 9.71. The van der Waals surface area contributed by atoms with Crippen molar-refractivity contribution in [3.8, 4) is 5.75 Å². The molecule has 0 aliphatic rings. The van der Waals surface area contributed by atoms with Gasteiger partial charge in [-0.05, 0) is 43.9 Å². The number of rotatable bonds is 7. The number of benzene rings is 1. The average Bonchev–Trinajstić information content (AvgIpc) is 2.42. The Balaban J connectivity index is 2.42. The van der Waals surface area contributed by atoms with E-state index < -0.39 is 0 Å². The summed E-state index contributed by atoms with van der Waals surface area (Å²) in [7, 11) is 0. The number of nitrogens with two attached hydrogens (primary N) is 1. The topological polar surface area (TPSA) is 79.9 Å². The lowest BCUT2D eigenvalue weighted by atomic mass is 10.1. The number of aromatic hydroxyl groups is 1. The van der Waals surface area contributed by atoms with Crippen molar-refractivity contribution in [2.75, 3.05) is 19.8 Å². The minimum Gasteiger partial charge on any atom is -0.507 e. The fraction of sp³-hybridized carbons (Fsp3) is 0.533. The predicted octanol–water partition coefficient (Wildman–Crippen LogP) is 1.84. The monoisotopic (exact) mass is 279 g/mol. The highest BCUT2D eigenvalue weighted by Gasteiger charge is 2.03. The first-order valence-electron chi connectivity index (χ1n) is 6.95. The summed E-state index contributed by atoms with van der Waals surface area (Å²) in [5, 5.41) is 12.8. The van der Waals surface area contributed by atoms with E-state index in [9.17, 15) is 5.11 Å². The van der Waals surface area contributed by atoms with E-state index in [-0.39, 0.29) is 0 Å². The minimum atomic E-state index is 0.347. The van der Waals surface area contributed by atoms with E-state index in [1.165, 1.54) is 0 Å². The van der Waals surface area contributed by atoms with Crippen LogP contribution in [0.5, 0.6) is 5.75 Å². The molecule has 0 fully saturated rings. The van der Waals surface area contributed by atoms with Crippen molar-refractivity contribution < 1.29 is 9.84 Å². The zero-order valence-electron chi connectivity index (χ0n) is 12.6. The molecular formula is C15H25N3O2. The number of hydrogen-bond donors (Lipinski definition) is 3. The molecule has 0 atom stereocenters. The second-order valence-electron chi connectivity index (χ2n) is 4.76. The van der Waals surface area contributed by atoms with E-state index >= 15 is 0 Å². The van der Waals surface area contributed by atoms with Gasteiger partial charge in [0, 0.05) is 19.8 Å². The second-order valence-corrected chi connectivity index (χ2v) is 4.76. The molecule has 0 spiro atoms. The van der Waals surface area contributed by atoms with Gasteiger partial charge in [0.2, 0.25) is 0 Å². The fourth-order valence-electron chi connectivity index (χ4n) is 1.90. The van der Waals surface area contributed by atoms with Crippen molar-refractivity contribution in [2.24, 2.45) is 10.7 Å². The summed E-state index contributed by atoms with van der Waals surface area (Å²) in [5.41, 5.74) is 8.55. The maximum Gasteiger partial charge on any atom is 0.188 e. The van der Waals surface area contributed by atoms with Gasteiger partial charge in [-0.1, -0.05) is 12.1 Å². The Morgan fingerprint density at radius 1 is 1.35 bits per heavy atom. The third-order valence-electron chi connectivity index (χ3n) is 2.96. The summed E-state index contributed by atoms with van der Waals surface area (Å²) in [6.07, 6.45) is 0.904. The molecule has 112 valence electrons. The summed E-state index contributed by atoms with van der Waals surface area (Å²) in [6.45, 7) is 8.46. The number of nitrogens with zero attached hydrogens (tertiary/aromatic N) is 1. The molecule has 5 nitrogen and oxygen atoms in total. The summed E-state index contributed by atoms with van der Waals surface area (Å²) < 4.78 is 5.24. The molecule has 1 aromatic rings. The molecule has 0 saturated carbocycles. The van der Waals surface area contributed by atoms with Gasteiger partial charge in [-0.25, -0.2) is 4.99 Å². The third kappa shape index (κ3) is 5.48.